The van der Waals surface area contributed by atoms with Crippen molar-refractivity contribution in [2.24, 2.45) is 0 Å². The molecule has 102 valence electrons. The summed E-state index contributed by atoms with van der Waals surface area (Å²) in [5.41, 5.74) is 10.5. The van der Waals surface area contributed by atoms with E-state index in [4.69, 9.17) is 5.73 Å². The van der Waals surface area contributed by atoms with Gasteiger partial charge in [-0.15, -0.1) is 0 Å². The summed E-state index contributed by atoms with van der Waals surface area (Å²) in [7, 11) is 0. The molecule has 0 aliphatic rings. The Kier molecular flexibility index (Phi) is 2.68. The third kappa shape index (κ3) is 2.05. The van der Waals surface area contributed by atoms with Crippen molar-refractivity contribution in [1.82, 2.24) is 19.9 Å². The Morgan fingerprint density at radius 3 is 2.90 bits per heavy atom. The van der Waals surface area contributed by atoms with Gasteiger partial charge >= 0.3 is 0 Å². The number of nitrogens with one attached hydrogen (secondary N) is 1. The highest BCUT2D eigenvalue weighted by Gasteiger charge is 2.10. The quantitative estimate of drug-likeness (QED) is 0.594. The van der Waals surface area contributed by atoms with Gasteiger partial charge in [-0.3, -0.25) is 0 Å². The molecule has 21 heavy (non-hydrogen) atoms. The third-order valence-corrected chi connectivity index (χ3v) is 4.02. The Bertz CT molecular complexity index is 911. The highest BCUT2D eigenvalue weighted by molar-refractivity contribution is 7.08. The monoisotopic (exact) mass is 293 g/mol. The van der Waals surface area contributed by atoms with Crippen molar-refractivity contribution in [1.29, 1.82) is 0 Å². The van der Waals surface area contributed by atoms with Gasteiger partial charge in [0, 0.05) is 35.1 Å². The molecule has 4 heterocycles. The van der Waals surface area contributed by atoms with Gasteiger partial charge in [-0.05, 0) is 34.5 Å². The number of hydrogen-bond donors (Lipinski definition) is 2. The summed E-state index contributed by atoms with van der Waals surface area (Å²) in [6.45, 7) is 0. The van der Waals surface area contributed by atoms with E-state index in [-0.39, 0.29) is 5.95 Å². The molecule has 0 fully saturated rings. The molecule has 0 spiro atoms. The number of rotatable bonds is 2. The number of nitrogens with two attached hydrogens (primary N) is 1. The number of nitrogens with zero attached hydrogens (tertiary/aromatic N) is 3. The first-order chi connectivity index (χ1) is 10.3. The van der Waals surface area contributed by atoms with E-state index < -0.39 is 0 Å². The molecule has 4 rings (SSSR count). The fourth-order valence-electron chi connectivity index (χ4n) is 2.33. The SMILES string of the molecule is Nc1nccc(-c2c[nH]c3ncc(-c4ccsc4)cc23)n1. The van der Waals surface area contributed by atoms with Crippen LogP contribution in [0.5, 0.6) is 0 Å². The van der Waals surface area contributed by atoms with Gasteiger partial charge in [-0.2, -0.15) is 11.3 Å². The van der Waals surface area contributed by atoms with Crippen molar-refractivity contribution in [3.63, 3.8) is 0 Å². The Morgan fingerprint density at radius 1 is 1.14 bits per heavy atom. The Morgan fingerprint density at radius 2 is 2.10 bits per heavy atom. The van der Waals surface area contributed by atoms with Gasteiger partial charge in [-0.25, -0.2) is 15.0 Å². The van der Waals surface area contributed by atoms with E-state index >= 15 is 0 Å². The zero-order chi connectivity index (χ0) is 14.2. The maximum absolute atomic E-state index is 5.67. The van der Waals surface area contributed by atoms with Gasteiger partial charge in [0.05, 0.1) is 5.69 Å². The Labute approximate surface area is 124 Å². The minimum Gasteiger partial charge on any atom is -0.368 e. The Balaban J connectivity index is 1.92. The van der Waals surface area contributed by atoms with Gasteiger partial charge in [0.2, 0.25) is 5.95 Å². The lowest BCUT2D eigenvalue weighted by atomic mass is 10.1. The van der Waals surface area contributed by atoms with Crippen LogP contribution in [0.15, 0.2) is 47.5 Å². The van der Waals surface area contributed by atoms with Crippen LogP contribution in [0, 0.1) is 0 Å². The number of thiophene rings is 1. The minimum atomic E-state index is 0.267. The molecule has 0 bridgehead atoms. The Hall–Kier alpha value is -2.73. The molecule has 0 aliphatic heterocycles. The van der Waals surface area contributed by atoms with E-state index in [1.165, 1.54) is 5.56 Å². The summed E-state index contributed by atoms with van der Waals surface area (Å²) in [6, 6.07) is 6.05. The van der Waals surface area contributed by atoms with Crippen LogP contribution in [-0.4, -0.2) is 19.9 Å². The zero-order valence-electron chi connectivity index (χ0n) is 10.9. The standard InChI is InChI=1S/C15H11N5S/c16-15-17-3-1-13(20-15)12-7-19-14-11(12)5-10(6-18-14)9-2-4-21-8-9/h1-8H,(H,18,19)(H2,16,17,20). The highest BCUT2D eigenvalue weighted by atomic mass is 32.1. The van der Waals surface area contributed by atoms with Crippen LogP contribution in [-0.2, 0) is 0 Å². The van der Waals surface area contributed by atoms with Crippen LogP contribution >= 0.6 is 11.3 Å². The molecule has 0 atom stereocenters. The van der Waals surface area contributed by atoms with Crippen LogP contribution in [0.3, 0.4) is 0 Å². The predicted molar refractivity (Wildman–Crippen MR) is 84.8 cm³/mol. The third-order valence-electron chi connectivity index (χ3n) is 3.34. The molecule has 4 aromatic rings. The lowest BCUT2D eigenvalue weighted by Gasteiger charge is -2.01. The van der Waals surface area contributed by atoms with Crippen LogP contribution < -0.4 is 5.73 Å². The molecular formula is C15H11N5S. The number of fused-ring (bicyclic) bond motifs is 1. The van der Waals surface area contributed by atoms with Crippen molar-refractivity contribution in [3.05, 3.63) is 47.5 Å². The van der Waals surface area contributed by atoms with E-state index in [0.717, 1.165) is 27.9 Å². The normalized spacial score (nSPS) is 11.0. The van der Waals surface area contributed by atoms with E-state index in [9.17, 15) is 0 Å². The van der Waals surface area contributed by atoms with E-state index in [1.807, 2.05) is 18.5 Å². The molecule has 3 N–H and O–H groups in total. The fraction of sp³-hybridized carbons (Fsp3) is 0. The predicted octanol–water partition coefficient (Wildman–Crippen LogP) is 3.33. The van der Waals surface area contributed by atoms with Crippen molar-refractivity contribution in [2.45, 2.75) is 0 Å². The van der Waals surface area contributed by atoms with Gasteiger partial charge in [-0.1, -0.05) is 0 Å². The zero-order valence-corrected chi connectivity index (χ0v) is 11.8. The van der Waals surface area contributed by atoms with Gasteiger partial charge in [0.25, 0.3) is 0 Å². The molecule has 0 aliphatic carbocycles. The lowest BCUT2D eigenvalue weighted by Crippen LogP contribution is -1.94. The first-order valence-electron chi connectivity index (χ1n) is 6.40. The smallest absolute Gasteiger partial charge is 0.220 e. The molecule has 6 heteroatoms. The number of hydrogen-bond acceptors (Lipinski definition) is 5. The summed E-state index contributed by atoms with van der Waals surface area (Å²) in [5, 5.41) is 5.19. The number of nitrogen functional groups attached to an aromatic ring is 1. The van der Waals surface area contributed by atoms with E-state index in [2.05, 4.69) is 42.8 Å². The molecule has 5 nitrogen and oxygen atoms in total. The first kappa shape index (κ1) is 12.0. The number of H-pyrrole nitrogens is 1. The van der Waals surface area contributed by atoms with Crippen LogP contribution in [0.2, 0.25) is 0 Å². The molecule has 0 saturated heterocycles. The highest BCUT2D eigenvalue weighted by Crippen LogP contribution is 2.30. The maximum atomic E-state index is 5.67. The maximum Gasteiger partial charge on any atom is 0.220 e. The summed E-state index contributed by atoms with van der Waals surface area (Å²) >= 11 is 1.67. The summed E-state index contributed by atoms with van der Waals surface area (Å²) < 4.78 is 0. The second-order valence-electron chi connectivity index (χ2n) is 4.63. The average molecular weight is 293 g/mol. The summed E-state index contributed by atoms with van der Waals surface area (Å²) in [5.74, 6) is 0.267. The van der Waals surface area contributed by atoms with E-state index in [1.54, 1.807) is 17.5 Å². The molecule has 0 amide bonds. The van der Waals surface area contributed by atoms with Gasteiger partial charge in [0.1, 0.15) is 5.65 Å². The summed E-state index contributed by atoms with van der Waals surface area (Å²) in [4.78, 5) is 15.9. The molecule has 0 aromatic carbocycles. The van der Waals surface area contributed by atoms with Crippen LogP contribution in [0.25, 0.3) is 33.4 Å². The molecule has 4 aromatic heterocycles. The number of aromatic amines is 1. The average Bonchev–Trinajstić information content (AvgIpc) is 3.16. The van der Waals surface area contributed by atoms with E-state index in [0.29, 0.717) is 0 Å². The van der Waals surface area contributed by atoms with Crippen LogP contribution in [0.4, 0.5) is 5.95 Å². The summed E-state index contributed by atoms with van der Waals surface area (Å²) in [6.07, 6.45) is 5.43. The lowest BCUT2D eigenvalue weighted by molar-refractivity contribution is 1.19. The van der Waals surface area contributed by atoms with Gasteiger partial charge < -0.3 is 10.7 Å². The number of aromatic nitrogens is 4. The molecule has 0 unspecified atom stereocenters. The second kappa shape index (κ2) is 4.68. The molecule has 0 saturated carbocycles. The van der Waals surface area contributed by atoms with Gasteiger partial charge in [0.15, 0.2) is 0 Å². The minimum absolute atomic E-state index is 0.267. The number of anilines is 1. The molecular weight excluding hydrogens is 282 g/mol. The second-order valence-corrected chi connectivity index (χ2v) is 5.41. The first-order valence-corrected chi connectivity index (χ1v) is 7.34. The largest absolute Gasteiger partial charge is 0.368 e. The molecule has 0 radical (unpaired) electrons. The van der Waals surface area contributed by atoms with Crippen molar-refractivity contribution in [2.75, 3.05) is 5.73 Å². The van der Waals surface area contributed by atoms with Crippen molar-refractivity contribution >= 4 is 28.3 Å². The van der Waals surface area contributed by atoms with Crippen molar-refractivity contribution < 1.29 is 0 Å². The van der Waals surface area contributed by atoms with Crippen molar-refractivity contribution in [3.8, 4) is 22.4 Å². The van der Waals surface area contributed by atoms with Crippen LogP contribution in [0.1, 0.15) is 0 Å². The number of pyridine rings is 1. The topological polar surface area (TPSA) is 80.5 Å². The fourth-order valence-corrected chi connectivity index (χ4v) is 2.99.